The number of hydrogen-bond donors (Lipinski definition) is 1. The Kier molecular flexibility index (Phi) is 3.77. The molecule has 0 aliphatic heterocycles. The van der Waals surface area contributed by atoms with Gasteiger partial charge in [0, 0.05) is 24.9 Å². The number of hydrogen-bond acceptors (Lipinski definition) is 5. The molecule has 2 aromatic rings. The summed E-state index contributed by atoms with van der Waals surface area (Å²) in [6, 6.07) is 4.31. The van der Waals surface area contributed by atoms with E-state index in [1.165, 1.54) is 10.4 Å². The Labute approximate surface area is 100 Å². The molecule has 6 heteroatoms. The highest BCUT2D eigenvalue weighted by Crippen LogP contribution is 2.04. The van der Waals surface area contributed by atoms with Crippen molar-refractivity contribution in [3.63, 3.8) is 0 Å². The molecule has 0 aliphatic carbocycles. The number of nitrogens with zero attached hydrogens (tertiary/aromatic N) is 5. The Balaban J connectivity index is 1.98. The van der Waals surface area contributed by atoms with E-state index in [2.05, 4.69) is 31.8 Å². The summed E-state index contributed by atoms with van der Waals surface area (Å²) in [7, 11) is 3.71. The number of pyridine rings is 1. The van der Waals surface area contributed by atoms with Gasteiger partial charge < -0.3 is 5.32 Å². The van der Waals surface area contributed by atoms with Crippen molar-refractivity contribution in [2.24, 2.45) is 7.05 Å². The van der Waals surface area contributed by atoms with Gasteiger partial charge in [-0.15, -0.1) is 10.2 Å². The first-order chi connectivity index (χ1) is 8.28. The molecule has 6 nitrogen and oxygen atoms in total. The van der Waals surface area contributed by atoms with E-state index < -0.39 is 0 Å². The molecule has 2 aromatic heterocycles. The van der Waals surface area contributed by atoms with Gasteiger partial charge in [0.05, 0.1) is 7.05 Å². The van der Waals surface area contributed by atoms with Crippen LogP contribution in [0.2, 0.25) is 0 Å². The minimum absolute atomic E-state index is 0.295. The molecule has 1 atom stereocenters. The van der Waals surface area contributed by atoms with Gasteiger partial charge in [-0.05, 0) is 30.3 Å². The van der Waals surface area contributed by atoms with Crippen LogP contribution in [0.3, 0.4) is 0 Å². The van der Waals surface area contributed by atoms with Crippen LogP contribution in [0, 0.1) is 0 Å². The molecule has 0 aromatic carbocycles. The van der Waals surface area contributed by atoms with Gasteiger partial charge >= 0.3 is 0 Å². The second-order valence-corrected chi connectivity index (χ2v) is 3.95. The van der Waals surface area contributed by atoms with E-state index in [9.17, 15) is 0 Å². The van der Waals surface area contributed by atoms with Gasteiger partial charge in [-0.2, -0.15) is 4.80 Å². The average molecular weight is 232 g/mol. The lowest BCUT2D eigenvalue weighted by molar-refractivity contribution is 0.539. The largest absolute Gasteiger partial charge is 0.316 e. The maximum Gasteiger partial charge on any atom is 0.176 e. The lowest BCUT2D eigenvalue weighted by atomic mass is 10.1. The lowest BCUT2D eigenvalue weighted by Crippen LogP contribution is -2.30. The Morgan fingerprint density at radius 1 is 1.41 bits per heavy atom. The molecule has 0 saturated carbocycles. The fourth-order valence-electron chi connectivity index (χ4n) is 1.71. The quantitative estimate of drug-likeness (QED) is 0.784. The summed E-state index contributed by atoms with van der Waals surface area (Å²) < 4.78 is 0. The van der Waals surface area contributed by atoms with E-state index in [0.717, 1.165) is 18.7 Å². The molecule has 0 spiro atoms. The monoisotopic (exact) mass is 232 g/mol. The van der Waals surface area contributed by atoms with Gasteiger partial charge in [0.2, 0.25) is 0 Å². The molecule has 17 heavy (non-hydrogen) atoms. The van der Waals surface area contributed by atoms with Crippen molar-refractivity contribution >= 4 is 0 Å². The second-order valence-electron chi connectivity index (χ2n) is 3.95. The lowest BCUT2D eigenvalue weighted by Gasteiger charge is -2.13. The zero-order valence-corrected chi connectivity index (χ0v) is 10.0. The maximum absolute atomic E-state index is 4.18. The van der Waals surface area contributed by atoms with Gasteiger partial charge in [0.15, 0.2) is 5.82 Å². The Morgan fingerprint density at radius 3 is 2.88 bits per heavy atom. The van der Waals surface area contributed by atoms with Crippen molar-refractivity contribution in [2.75, 3.05) is 7.05 Å². The fourth-order valence-corrected chi connectivity index (χ4v) is 1.71. The van der Waals surface area contributed by atoms with Crippen LogP contribution in [0.4, 0.5) is 0 Å². The van der Waals surface area contributed by atoms with Crippen LogP contribution in [0.5, 0.6) is 0 Å². The molecule has 0 fully saturated rings. The molecular formula is C11H16N6. The van der Waals surface area contributed by atoms with E-state index in [-0.39, 0.29) is 0 Å². The molecule has 1 N–H and O–H groups in total. The first-order valence-corrected chi connectivity index (χ1v) is 5.57. The van der Waals surface area contributed by atoms with Gasteiger partial charge in [-0.25, -0.2) is 0 Å². The Morgan fingerprint density at radius 2 is 2.29 bits per heavy atom. The van der Waals surface area contributed by atoms with Crippen molar-refractivity contribution in [1.29, 1.82) is 0 Å². The Bertz CT molecular complexity index is 452. The summed E-state index contributed by atoms with van der Waals surface area (Å²) in [5.41, 5.74) is 1.20. The standard InChI is InChI=1S/C11H16N6/c1-12-10(6-9-4-3-5-13-8-9)7-11-14-16-17(2)15-11/h3-5,8,10,12H,6-7H2,1-2H3. The van der Waals surface area contributed by atoms with Crippen molar-refractivity contribution in [2.45, 2.75) is 18.9 Å². The van der Waals surface area contributed by atoms with Crippen LogP contribution in [0.1, 0.15) is 11.4 Å². The number of nitrogens with one attached hydrogen (secondary N) is 1. The molecule has 90 valence electrons. The minimum Gasteiger partial charge on any atom is -0.316 e. The second kappa shape index (κ2) is 5.49. The normalized spacial score (nSPS) is 12.6. The fraction of sp³-hybridized carbons (Fsp3) is 0.455. The summed E-state index contributed by atoms with van der Waals surface area (Å²) in [6.07, 6.45) is 5.33. The van der Waals surface area contributed by atoms with Crippen LogP contribution in [0.15, 0.2) is 24.5 Å². The topological polar surface area (TPSA) is 68.5 Å². The molecule has 2 heterocycles. The average Bonchev–Trinajstić information content (AvgIpc) is 2.75. The summed E-state index contributed by atoms with van der Waals surface area (Å²) in [5.74, 6) is 0.760. The minimum atomic E-state index is 0.295. The molecule has 0 saturated heterocycles. The van der Waals surface area contributed by atoms with Gasteiger partial charge in [-0.1, -0.05) is 6.07 Å². The smallest absolute Gasteiger partial charge is 0.176 e. The highest BCUT2D eigenvalue weighted by atomic mass is 15.6. The number of tetrazole rings is 1. The SMILES string of the molecule is CNC(Cc1cccnc1)Cc1nnn(C)n1. The summed E-state index contributed by atoms with van der Waals surface area (Å²) in [4.78, 5) is 5.59. The first-order valence-electron chi connectivity index (χ1n) is 5.57. The van der Waals surface area contributed by atoms with Crippen molar-refractivity contribution in [3.05, 3.63) is 35.9 Å². The number of aromatic nitrogens is 5. The van der Waals surface area contributed by atoms with Gasteiger partial charge in [0.25, 0.3) is 0 Å². The van der Waals surface area contributed by atoms with E-state index in [4.69, 9.17) is 0 Å². The van der Waals surface area contributed by atoms with Crippen LogP contribution >= 0.6 is 0 Å². The van der Waals surface area contributed by atoms with Crippen LogP contribution in [-0.2, 0) is 19.9 Å². The molecule has 0 radical (unpaired) electrons. The third kappa shape index (κ3) is 3.32. The van der Waals surface area contributed by atoms with Crippen molar-refractivity contribution < 1.29 is 0 Å². The summed E-state index contributed by atoms with van der Waals surface area (Å²) in [6.45, 7) is 0. The number of likely N-dealkylation sites (N-methyl/N-ethyl adjacent to an activating group) is 1. The highest BCUT2D eigenvalue weighted by molar-refractivity contribution is 5.10. The van der Waals surface area contributed by atoms with Crippen molar-refractivity contribution in [1.82, 2.24) is 30.5 Å². The van der Waals surface area contributed by atoms with E-state index >= 15 is 0 Å². The number of aryl methyl sites for hydroxylation is 1. The third-order valence-corrected chi connectivity index (χ3v) is 2.59. The van der Waals surface area contributed by atoms with Crippen LogP contribution < -0.4 is 5.32 Å². The number of rotatable bonds is 5. The Hall–Kier alpha value is -1.82. The predicted molar refractivity (Wildman–Crippen MR) is 63.3 cm³/mol. The van der Waals surface area contributed by atoms with E-state index in [1.807, 2.05) is 19.3 Å². The first kappa shape index (κ1) is 11.7. The van der Waals surface area contributed by atoms with Crippen LogP contribution in [-0.4, -0.2) is 38.3 Å². The maximum atomic E-state index is 4.18. The highest BCUT2D eigenvalue weighted by Gasteiger charge is 2.11. The molecule has 2 rings (SSSR count). The summed E-state index contributed by atoms with van der Waals surface area (Å²) >= 11 is 0. The molecule has 0 bridgehead atoms. The van der Waals surface area contributed by atoms with Gasteiger partial charge in [-0.3, -0.25) is 4.98 Å². The van der Waals surface area contributed by atoms with Crippen LogP contribution in [0.25, 0.3) is 0 Å². The molecular weight excluding hydrogens is 216 g/mol. The summed E-state index contributed by atoms with van der Waals surface area (Å²) in [5, 5.41) is 15.3. The van der Waals surface area contributed by atoms with E-state index in [0.29, 0.717) is 6.04 Å². The molecule has 0 aliphatic rings. The van der Waals surface area contributed by atoms with E-state index in [1.54, 1.807) is 13.2 Å². The van der Waals surface area contributed by atoms with Crippen molar-refractivity contribution in [3.8, 4) is 0 Å². The zero-order chi connectivity index (χ0) is 12.1. The zero-order valence-electron chi connectivity index (χ0n) is 10.0. The molecule has 1 unspecified atom stereocenters. The predicted octanol–water partition coefficient (Wildman–Crippen LogP) is -0.0217. The molecule has 0 amide bonds. The van der Waals surface area contributed by atoms with Gasteiger partial charge in [0.1, 0.15) is 0 Å². The third-order valence-electron chi connectivity index (χ3n) is 2.59.